The summed E-state index contributed by atoms with van der Waals surface area (Å²) in [4.78, 5) is 9.57. The van der Waals surface area contributed by atoms with Gasteiger partial charge in [-0.1, -0.05) is 121 Å². The van der Waals surface area contributed by atoms with Gasteiger partial charge in [-0.15, -0.1) is 0 Å². The zero-order chi connectivity index (χ0) is 37.2. The zero-order valence-electron chi connectivity index (χ0n) is 30.8. The topological polar surface area (TPSA) is 35.6 Å². The number of rotatable bonds is 3. The van der Waals surface area contributed by atoms with Crippen LogP contribution in [0.15, 0.2) is 195 Å². The van der Waals surface area contributed by atoms with Crippen LogP contribution in [0.1, 0.15) is 22.3 Å². The van der Waals surface area contributed by atoms with Gasteiger partial charge in [-0.05, 0) is 110 Å². The van der Waals surface area contributed by atoms with Gasteiger partial charge in [0, 0.05) is 39.9 Å². The van der Waals surface area contributed by atoms with Crippen molar-refractivity contribution < 1.29 is 0 Å². The minimum absolute atomic E-state index is 0.397. The summed E-state index contributed by atoms with van der Waals surface area (Å²) < 4.78 is 4.70. The second-order valence-corrected chi connectivity index (χ2v) is 15.3. The second kappa shape index (κ2) is 11.2. The maximum Gasteiger partial charge on any atom is 0.0969 e. The Morgan fingerprint density at radius 3 is 1.65 bits per heavy atom. The van der Waals surface area contributed by atoms with E-state index in [1.165, 1.54) is 77.3 Å². The molecule has 57 heavy (non-hydrogen) atoms. The first kappa shape index (κ1) is 30.7. The van der Waals surface area contributed by atoms with Crippen LogP contribution in [0.3, 0.4) is 0 Å². The summed E-state index contributed by atoms with van der Waals surface area (Å²) in [5.41, 5.74) is 20.3. The Bertz CT molecular complexity index is 3360. The molecule has 13 rings (SSSR count). The summed E-state index contributed by atoms with van der Waals surface area (Å²) in [6.07, 6.45) is 5.77. The van der Waals surface area contributed by atoms with Crippen molar-refractivity contribution in [3.8, 4) is 44.8 Å². The second-order valence-electron chi connectivity index (χ2n) is 15.3. The number of benzene rings is 7. The Morgan fingerprint density at radius 2 is 0.947 bits per heavy atom. The van der Waals surface area contributed by atoms with Gasteiger partial charge in [-0.2, -0.15) is 0 Å². The van der Waals surface area contributed by atoms with Crippen molar-refractivity contribution in [3.05, 3.63) is 217 Å². The molecule has 2 aliphatic carbocycles. The van der Waals surface area contributed by atoms with E-state index in [0.29, 0.717) is 0 Å². The summed E-state index contributed by atoms with van der Waals surface area (Å²) in [5, 5.41) is 3.65. The van der Waals surface area contributed by atoms with Gasteiger partial charge in [-0.25, -0.2) is 0 Å². The smallest absolute Gasteiger partial charge is 0.0969 e. The molecule has 2 aliphatic rings. The van der Waals surface area contributed by atoms with E-state index >= 15 is 0 Å². The molecule has 264 valence electrons. The molecule has 4 heterocycles. The minimum Gasteiger partial charge on any atom is -0.308 e. The van der Waals surface area contributed by atoms with Gasteiger partial charge in [0.2, 0.25) is 0 Å². The number of para-hydroxylation sites is 1. The SMILES string of the molecule is c1ccc2c(c1)-c1ccccc1C21c2ccccc2-c2c1ccc1c2c2ncccc2n1-c1ccc(-c2ccc(-n3c4ccccc4c4ccncc43)cc2)cc1. The normalized spacial score (nSPS) is 13.4. The van der Waals surface area contributed by atoms with Gasteiger partial charge in [0.15, 0.2) is 0 Å². The quantitative estimate of drug-likeness (QED) is 0.182. The molecule has 0 amide bonds. The van der Waals surface area contributed by atoms with Gasteiger partial charge in [0.05, 0.1) is 39.2 Å². The van der Waals surface area contributed by atoms with E-state index in [9.17, 15) is 0 Å². The molecule has 0 aliphatic heterocycles. The fraction of sp³-hybridized carbons (Fsp3) is 0.0189. The highest BCUT2D eigenvalue weighted by Gasteiger charge is 2.52. The molecule has 0 fully saturated rings. The monoisotopic (exact) mass is 724 g/mol. The first-order chi connectivity index (χ1) is 28.3. The first-order valence-electron chi connectivity index (χ1n) is 19.6. The third-order valence-corrected chi connectivity index (χ3v) is 12.7. The number of fused-ring (bicyclic) bond motifs is 17. The molecule has 4 heteroatoms. The predicted molar refractivity (Wildman–Crippen MR) is 232 cm³/mol. The van der Waals surface area contributed by atoms with Gasteiger partial charge < -0.3 is 9.13 Å². The Morgan fingerprint density at radius 1 is 0.386 bits per heavy atom. The summed E-state index contributed by atoms with van der Waals surface area (Å²) in [5.74, 6) is 0. The van der Waals surface area contributed by atoms with E-state index in [1.807, 2.05) is 18.6 Å². The molecule has 0 N–H and O–H groups in total. The summed E-state index contributed by atoms with van der Waals surface area (Å²) in [6, 6.07) is 64.6. The maximum absolute atomic E-state index is 5.12. The molecule has 0 radical (unpaired) electrons. The third kappa shape index (κ3) is 3.91. The number of aromatic nitrogens is 4. The lowest BCUT2D eigenvalue weighted by Gasteiger charge is -2.30. The standard InChI is InChI=1S/C53H32N4/c1-5-14-42-37(10-1)38-11-2-6-15-43(38)53(42)44-16-7-3-13-41(44)50-45(53)27-28-47-51(50)52-48(18-9-30-55-52)57(47)36-25-21-34(22-26-36)33-19-23-35(24-20-33)56-46-17-8-4-12-39(46)40-29-31-54-32-49(40)56/h1-32H. The largest absolute Gasteiger partial charge is 0.308 e. The van der Waals surface area contributed by atoms with Crippen LogP contribution in [0.5, 0.6) is 0 Å². The Kier molecular flexibility index (Phi) is 6.07. The highest BCUT2D eigenvalue weighted by molar-refractivity contribution is 6.17. The van der Waals surface area contributed by atoms with Gasteiger partial charge in [0.1, 0.15) is 0 Å². The molecular formula is C53H32N4. The lowest BCUT2D eigenvalue weighted by Crippen LogP contribution is -2.25. The zero-order valence-corrected chi connectivity index (χ0v) is 30.8. The third-order valence-electron chi connectivity index (χ3n) is 12.7. The van der Waals surface area contributed by atoms with E-state index in [1.54, 1.807) is 0 Å². The number of pyridine rings is 2. The van der Waals surface area contributed by atoms with E-state index in [4.69, 9.17) is 4.98 Å². The van der Waals surface area contributed by atoms with Crippen molar-refractivity contribution in [3.63, 3.8) is 0 Å². The maximum atomic E-state index is 5.12. The number of nitrogens with zero attached hydrogens (tertiary/aromatic N) is 4. The number of hydrogen-bond donors (Lipinski definition) is 0. The van der Waals surface area contributed by atoms with E-state index in [2.05, 4.69) is 190 Å². The fourth-order valence-corrected chi connectivity index (χ4v) is 10.5. The molecule has 11 aromatic rings. The fourth-order valence-electron chi connectivity index (χ4n) is 10.5. The van der Waals surface area contributed by atoms with Crippen molar-refractivity contribution in [2.75, 3.05) is 0 Å². The molecule has 7 aromatic carbocycles. The van der Waals surface area contributed by atoms with Gasteiger partial charge >= 0.3 is 0 Å². The average Bonchev–Trinajstić information content (AvgIpc) is 3.99. The molecule has 0 atom stereocenters. The van der Waals surface area contributed by atoms with Crippen LogP contribution in [-0.4, -0.2) is 19.1 Å². The lowest BCUT2D eigenvalue weighted by atomic mass is 9.70. The van der Waals surface area contributed by atoms with Crippen LogP contribution >= 0.6 is 0 Å². The van der Waals surface area contributed by atoms with Crippen molar-refractivity contribution >= 4 is 43.7 Å². The van der Waals surface area contributed by atoms with Gasteiger partial charge in [0.25, 0.3) is 0 Å². The Balaban J connectivity index is 0.962. The van der Waals surface area contributed by atoms with Crippen LogP contribution in [0.25, 0.3) is 88.5 Å². The highest BCUT2D eigenvalue weighted by Crippen LogP contribution is 2.64. The molecule has 0 saturated carbocycles. The minimum atomic E-state index is -0.397. The van der Waals surface area contributed by atoms with Crippen molar-refractivity contribution in [2.45, 2.75) is 5.41 Å². The summed E-state index contributed by atoms with van der Waals surface area (Å²) in [7, 11) is 0. The van der Waals surface area contributed by atoms with Crippen molar-refractivity contribution in [1.29, 1.82) is 0 Å². The first-order valence-corrected chi connectivity index (χ1v) is 19.6. The molecular weight excluding hydrogens is 693 g/mol. The Labute approximate surface area is 328 Å². The molecule has 0 bridgehead atoms. The molecule has 0 unspecified atom stereocenters. The Hall–Kier alpha value is -7.56. The van der Waals surface area contributed by atoms with E-state index in [-0.39, 0.29) is 0 Å². The van der Waals surface area contributed by atoms with Crippen LogP contribution in [0.4, 0.5) is 0 Å². The summed E-state index contributed by atoms with van der Waals surface area (Å²) in [6.45, 7) is 0. The average molecular weight is 725 g/mol. The van der Waals surface area contributed by atoms with E-state index < -0.39 is 5.41 Å². The van der Waals surface area contributed by atoms with Crippen LogP contribution in [-0.2, 0) is 5.41 Å². The lowest BCUT2D eigenvalue weighted by molar-refractivity contribution is 0.794. The molecule has 0 saturated heterocycles. The summed E-state index contributed by atoms with van der Waals surface area (Å²) >= 11 is 0. The van der Waals surface area contributed by atoms with Crippen LogP contribution in [0.2, 0.25) is 0 Å². The van der Waals surface area contributed by atoms with Crippen molar-refractivity contribution in [1.82, 2.24) is 19.1 Å². The molecule has 4 nitrogen and oxygen atoms in total. The van der Waals surface area contributed by atoms with E-state index in [0.717, 1.165) is 33.4 Å². The van der Waals surface area contributed by atoms with Crippen LogP contribution in [0, 0.1) is 0 Å². The predicted octanol–water partition coefficient (Wildman–Crippen LogP) is 12.7. The van der Waals surface area contributed by atoms with Gasteiger partial charge in [-0.3, -0.25) is 9.97 Å². The number of hydrogen-bond acceptors (Lipinski definition) is 2. The highest BCUT2D eigenvalue weighted by atomic mass is 15.0. The molecule has 4 aromatic heterocycles. The van der Waals surface area contributed by atoms with Crippen molar-refractivity contribution in [2.24, 2.45) is 0 Å². The molecule has 1 spiro atoms. The van der Waals surface area contributed by atoms with Crippen LogP contribution < -0.4 is 0 Å².